The van der Waals surface area contributed by atoms with Crippen LogP contribution < -0.4 is 5.32 Å². The molecule has 1 aromatic carbocycles. The number of nitrogens with one attached hydrogen (secondary N) is 1. The first-order valence-corrected chi connectivity index (χ1v) is 4.98. The highest BCUT2D eigenvalue weighted by molar-refractivity contribution is 5.70. The molecule has 1 atom stereocenters. The predicted molar refractivity (Wildman–Crippen MR) is 56.5 cm³/mol. The molecule has 18 heavy (non-hydrogen) atoms. The standard InChI is InChI=1S/C11H11F4NO2/c1-18-10(17)6-9(11(13,14)15)16-8-4-2-7(12)3-5-8/h2-5,9,16H,6H2,1H3/t9-/m0/s1. The molecule has 0 saturated heterocycles. The number of rotatable bonds is 4. The maximum Gasteiger partial charge on any atom is 0.409 e. The summed E-state index contributed by atoms with van der Waals surface area (Å²) in [5.74, 6) is -1.54. The molecule has 3 nitrogen and oxygen atoms in total. The summed E-state index contributed by atoms with van der Waals surface area (Å²) >= 11 is 0. The van der Waals surface area contributed by atoms with Gasteiger partial charge in [0, 0.05) is 5.69 Å². The third-order valence-corrected chi connectivity index (χ3v) is 2.18. The maximum atomic E-state index is 12.6. The van der Waals surface area contributed by atoms with Gasteiger partial charge < -0.3 is 10.1 Å². The van der Waals surface area contributed by atoms with Crippen LogP contribution in [0.2, 0.25) is 0 Å². The number of ether oxygens (including phenoxy) is 1. The highest BCUT2D eigenvalue weighted by Crippen LogP contribution is 2.26. The van der Waals surface area contributed by atoms with E-state index in [2.05, 4.69) is 10.1 Å². The van der Waals surface area contributed by atoms with E-state index in [1.807, 2.05) is 0 Å². The first kappa shape index (κ1) is 14.3. The second-order valence-corrected chi connectivity index (χ2v) is 3.53. The number of carbonyl (C=O) groups is 1. The van der Waals surface area contributed by atoms with Crippen LogP contribution in [0.3, 0.4) is 0 Å². The lowest BCUT2D eigenvalue weighted by Crippen LogP contribution is -2.38. The van der Waals surface area contributed by atoms with Crippen molar-refractivity contribution in [1.82, 2.24) is 0 Å². The minimum atomic E-state index is -4.61. The van der Waals surface area contributed by atoms with Gasteiger partial charge in [-0.15, -0.1) is 0 Å². The average molecular weight is 265 g/mol. The Labute approximate surface area is 101 Å². The van der Waals surface area contributed by atoms with E-state index < -0.39 is 30.4 Å². The fraction of sp³-hybridized carbons (Fsp3) is 0.364. The van der Waals surface area contributed by atoms with Crippen LogP contribution in [0.1, 0.15) is 6.42 Å². The quantitative estimate of drug-likeness (QED) is 0.672. The highest BCUT2D eigenvalue weighted by Gasteiger charge is 2.41. The number of benzene rings is 1. The molecule has 0 aliphatic heterocycles. The molecule has 0 bridgehead atoms. The molecule has 7 heteroatoms. The summed E-state index contributed by atoms with van der Waals surface area (Å²) in [6.07, 6.45) is -5.46. The van der Waals surface area contributed by atoms with Gasteiger partial charge in [-0.2, -0.15) is 13.2 Å². The summed E-state index contributed by atoms with van der Waals surface area (Å²) in [5, 5.41) is 2.12. The molecule has 0 aromatic heterocycles. The number of halogens is 4. The molecule has 100 valence electrons. The molecule has 0 unspecified atom stereocenters. The molecule has 0 fully saturated rings. The summed E-state index contributed by atoms with van der Waals surface area (Å²) in [6.45, 7) is 0. The van der Waals surface area contributed by atoms with Crippen LogP contribution in [0, 0.1) is 5.82 Å². The third-order valence-electron chi connectivity index (χ3n) is 2.18. The van der Waals surface area contributed by atoms with Crippen molar-refractivity contribution in [2.45, 2.75) is 18.6 Å². The van der Waals surface area contributed by atoms with Gasteiger partial charge in [0.15, 0.2) is 0 Å². The smallest absolute Gasteiger partial charge is 0.409 e. The third kappa shape index (κ3) is 4.23. The molecular weight excluding hydrogens is 254 g/mol. The van der Waals surface area contributed by atoms with Crippen molar-refractivity contribution in [3.05, 3.63) is 30.1 Å². The van der Waals surface area contributed by atoms with E-state index in [-0.39, 0.29) is 5.69 Å². The SMILES string of the molecule is COC(=O)C[C@H](Nc1ccc(F)cc1)C(F)(F)F. The molecule has 0 saturated carbocycles. The lowest BCUT2D eigenvalue weighted by molar-refractivity contribution is -0.159. The van der Waals surface area contributed by atoms with Crippen LogP contribution in [0.4, 0.5) is 23.2 Å². The number of hydrogen-bond acceptors (Lipinski definition) is 3. The van der Waals surface area contributed by atoms with E-state index in [4.69, 9.17) is 0 Å². The minimum absolute atomic E-state index is 0.0719. The Bertz CT molecular complexity index is 402. The Kier molecular flexibility index (Phi) is 4.52. The van der Waals surface area contributed by atoms with Crippen molar-refractivity contribution in [2.75, 3.05) is 12.4 Å². The highest BCUT2D eigenvalue weighted by atomic mass is 19.4. The van der Waals surface area contributed by atoms with Crippen LogP contribution in [0.25, 0.3) is 0 Å². The van der Waals surface area contributed by atoms with Crippen LogP contribution in [-0.2, 0) is 9.53 Å². The fourth-order valence-corrected chi connectivity index (χ4v) is 1.25. The molecule has 1 N–H and O–H groups in total. The Hall–Kier alpha value is -1.79. The Morgan fingerprint density at radius 3 is 2.33 bits per heavy atom. The average Bonchev–Trinajstić information content (AvgIpc) is 2.29. The second-order valence-electron chi connectivity index (χ2n) is 3.53. The summed E-state index contributed by atoms with van der Waals surface area (Å²) in [5.41, 5.74) is 0.0719. The van der Waals surface area contributed by atoms with Crippen molar-refractivity contribution in [2.24, 2.45) is 0 Å². The Morgan fingerprint density at radius 2 is 1.89 bits per heavy atom. The summed E-state index contributed by atoms with van der Waals surface area (Å²) in [4.78, 5) is 10.9. The van der Waals surface area contributed by atoms with E-state index >= 15 is 0 Å². The largest absolute Gasteiger partial charge is 0.469 e. The zero-order valence-corrected chi connectivity index (χ0v) is 9.42. The van der Waals surface area contributed by atoms with Gasteiger partial charge in [-0.05, 0) is 24.3 Å². The van der Waals surface area contributed by atoms with E-state index in [1.165, 1.54) is 0 Å². The van der Waals surface area contributed by atoms with Crippen molar-refractivity contribution in [3.8, 4) is 0 Å². The lowest BCUT2D eigenvalue weighted by atomic mass is 10.2. The summed E-state index contributed by atoms with van der Waals surface area (Å²) in [6, 6.07) is 2.29. The van der Waals surface area contributed by atoms with Crippen molar-refractivity contribution in [3.63, 3.8) is 0 Å². The topological polar surface area (TPSA) is 38.3 Å². The van der Waals surface area contributed by atoms with Gasteiger partial charge in [0.1, 0.15) is 11.9 Å². The normalized spacial score (nSPS) is 12.9. The van der Waals surface area contributed by atoms with E-state index in [9.17, 15) is 22.4 Å². The van der Waals surface area contributed by atoms with Gasteiger partial charge in [-0.1, -0.05) is 0 Å². The number of hydrogen-bond donors (Lipinski definition) is 1. The maximum absolute atomic E-state index is 12.6. The number of esters is 1. The number of alkyl halides is 3. The fourth-order valence-electron chi connectivity index (χ4n) is 1.25. The van der Waals surface area contributed by atoms with Crippen LogP contribution in [-0.4, -0.2) is 25.3 Å². The van der Waals surface area contributed by atoms with Crippen LogP contribution >= 0.6 is 0 Å². The zero-order valence-electron chi connectivity index (χ0n) is 9.42. The van der Waals surface area contributed by atoms with Gasteiger partial charge in [0.2, 0.25) is 0 Å². The van der Waals surface area contributed by atoms with E-state index in [0.29, 0.717) is 0 Å². The first-order valence-electron chi connectivity index (χ1n) is 4.98. The molecule has 0 radical (unpaired) electrons. The van der Waals surface area contributed by atoms with Gasteiger partial charge >= 0.3 is 12.1 Å². The van der Waals surface area contributed by atoms with Gasteiger partial charge in [0.05, 0.1) is 13.5 Å². The predicted octanol–water partition coefficient (Wildman–Crippen LogP) is 2.73. The van der Waals surface area contributed by atoms with Crippen LogP contribution in [0.15, 0.2) is 24.3 Å². The van der Waals surface area contributed by atoms with Gasteiger partial charge in [0.25, 0.3) is 0 Å². The van der Waals surface area contributed by atoms with E-state index in [1.54, 1.807) is 0 Å². The molecular formula is C11H11F4NO2. The monoisotopic (exact) mass is 265 g/mol. The minimum Gasteiger partial charge on any atom is -0.469 e. The van der Waals surface area contributed by atoms with E-state index in [0.717, 1.165) is 31.4 Å². The molecule has 0 amide bonds. The lowest BCUT2D eigenvalue weighted by Gasteiger charge is -2.21. The zero-order chi connectivity index (χ0) is 13.8. The molecule has 0 heterocycles. The van der Waals surface area contributed by atoms with Crippen molar-refractivity contribution < 1.29 is 27.1 Å². The molecule has 0 spiro atoms. The number of methoxy groups -OCH3 is 1. The van der Waals surface area contributed by atoms with Gasteiger partial charge in [-0.25, -0.2) is 4.39 Å². The second kappa shape index (κ2) is 5.70. The summed E-state index contributed by atoms with van der Waals surface area (Å²) < 4.78 is 54.7. The molecule has 1 rings (SSSR count). The Morgan fingerprint density at radius 1 is 1.33 bits per heavy atom. The number of carbonyl (C=O) groups excluding carboxylic acids is 1. The molecule has 0 aliphatic rings. The van der Waals surface area contributed by atoms with Crippen LogP contribution in [0.5, 0.6) is 0 Å². The summed E-state index contributed by atoms with van der Waals surface area (Å²) in [7, 11) is 1.01. The van der Waals surface area contributed by atoms with Crippen molar-refractivity contribution in [1.29, 1.82) is 0 Å². The van der Waals surface area contributed by atoms with Crippen molar-refractivity contribution >= 4 is 11.7 Å². The number of anilines is 1. The Balaban J connectivity index is 2.78. The first-order chi connectivity index (χ1) is 8.32. The molecule has 0 aliphatic carbocycles. The molecule has 1 aromatic rings. The van der Waals surface area contributed by atoms with Gasteiger partial charge in [-0.3, -0.25) is 4.79 Å².